The first-order valence-electron chi connectivity index (χ1n) is 5.57. The van der Waals surface area contributed by atoms with Crippen LogP contribution in [0.2, 0.25) is 0 Å². The summed E-state index contributed by atoms with van der Waals surface area (Å²) >= 11 is 3.08. The van der Waals surface area contributed by atoms with E-state index >= 15 is 0 Å². The summed E-state index contributed by atoms with van der Waals surface area (Å²) in [6.07, 6.45) is 0. The fourth-order valence-corrected chi connectivity index (χ4v) is 2.06. The van der Waals surface area contributed by atoms with E-state index in [0.29, 0.717) is 18.8 Å². The third kappa shape index (κ3) is 3.00. The maximum absolute atomic E-state index is 14.1. The van der Waals surface area contributed by atoms with Gasteiger partial charge in [-0.1, -0.05) is 0 Å². The Kier molecular flexibility index (Phi) is 5.12. The van der Waals surface area contributed by atoms with Crippen LogP contribution in [0.4, 0.5) is 10.1 Å². The van der Waals surface area contributed by atoms with Crippen LogP contribution in [0, 0.1) is 34.4 Å². The number of hydrogen-bond donors (Lipinski definition) is 0. The second-order valence-corrected chi connectivity index (χ2v) is 4.73. The molecule has 0 aromatic heterocycles. The van der Waals surface area contributed by atoms with Crippen LogP contribution in [-0.2, 0) is 0 Å². The molecule has 3 nitrogen and oxygen atoms in total. The minimum Gasteiger partial charge on any atom is -0.368 e. The van der Waals surface area contributed by atoms with E-state index in [9.17, 15) is 4.39 Å². The van der Waals surface area contributed by atoms with Crippen LogP contribution in [0.15, 0.2) is 16.6 Å². The number of benzene rings is 1. The van der Waals surface area contributed by atoms with Crippen LogP contribution in [0.25, 0.3) is 0 Å². The second-order valence-electron chi connectivity index (χ2n) is 3.94. The summed E-state index contributed by atoms with van der Waals surface area (Å²) in [7, 11) is 0. The van der Waals surface area contributed by atoms with Crippen molar-refractivity contribution in [1.82, 2.24) is 0 Å². The smallest absolute Gasteiger partial charge is 0.161 e. The first-order chi connectivity index (χ1) is 8.54. The first kappa shape index (κ1) is 14.5. The van der Waals surface area contributed by atoms with Crippen LogP contribution in [-0.4, -0.2) is 13.1 Å². The van der Waals surface area contributed by atoms with Crippen molar-refractivity contribution in [3.8, 4) is 12.1 Å². The number of rotatable bonds is 4. The maximum atomic E-state index is 14.1. The minimum atomic E-state index is -0.457. The topological polar surface area (TPSA) is 50.8 Å². The van der Waals surface area contributed by atoms with Gasteiger partial charge in [-0.25, -0.2) is 4.39 Å². The van der Waals surface area contributed by atoms with Gasteiger partial charge in [-0.3, -0.25) is 0 Å². The Morgan fingerprint density at radius 2 is 2.11 bits per heavy atom. The van der Waals surface area contributed by atoms with Crippen molar-refractivity contribution in [3.05, 3.63) is 28.0 Å². The molecule has 0 heterocycles. The quantitative estimate of drug-likeness (QED) is 0.856. The minimum absolute atomic E-state index is 0.172. The van der Waals surface area contributed by atoms with Crippen LogP contribution in [0.3, 0.4) is 0 Å². The van der Waals surface area contributed by atoms with Crippen molar-refractivity contribution in [3.63, 3.8) is 0 Å². The molecule has 0 bridgehead atoms. The van der Waals surface area contributed by atoms with Gasteiger partial charge >= 0.3 is 0 Å². The highest BCUT2D eigenvalue weighted by Crippen LogP contribution is 2.29. The van der Waals surface area contributed by atoms with E-state index in [1.165, 1.54) is 0 Å². The van der Waals surface area contributed by atoms with Gasteiger partial charge in [-0.15, -0.1) is 0 Å². The molecule has 5 heteroatoms. The van der Waals surface area contributed by atoms with Gasteiger partial charge in [0.15, 0.2) is 5.82 Å². The Balaban J connectivity index is 3.13. The van der Waals surface area contributed by atoms with E-state index in [0.717, 1.165) is 0 Å². The summed E-state index contributed by atoms with van der Waals surface area (Å²) in [5.41, 5.74) is 0.672. The summed E-state index contributed by atoms with van der Waals surface area (Å²) in [6, 6.07) is 7.19. The average molecular weight is 310 g/mol. The standard InChI is InChI=1S/C13H13BrFN3/c1-3-18(8-9(2)6-16)11-5-4-10(7-17)12(14)13(11)15/h4-5,9H,3,8H2,1-2H3. The van der Waals surface area contributed by atoms with Gasteiger partial charge in [0.25, 0.3) is 0 Å². The highest BCUT2D eigenvalue weighted by Gasteiger charge is 2.17. The van der Waals surface area contributed by atoms with Gasteiger partial charge in [0, 0.05) is 13.1 Å². The fraction of sp³-hybridized carbons (Fsp3) is 0.385. The fourth-order valence-electron chi connectivity index (χ4n) is 1.64. The van der Waals surface area contributed by atoms with Gasteiger partial charge in [0.1, 0.15) is 6.07 Å². The molecule has 1 aromatic rings. The number of halogens is 2. The Labute approximate surface area is 115 Å². The number of anilines is 1. The molecule has 0 fully saturated rings. The molecule has 0 spiro atoms. The molecule has 0 aliphatic carbocycles. The Morgan fingerprint density at radius 1 is 1.44 bits per heavy atom. The van der Waals surface area contributed by atoms with Crippen molar-refractivity contribution < 1.29 is 4.39 Å². The van der Waals surface area contributed by atoms with Crippen molar-refractivity contribution >= 4 is 21.6 Å². The lowest BCUT2D eigenvalue weighted by Gasteiger charge is -2.25. The molecule has 0 radical (unpaired) electrons. The third-order valence-corrected chi connectivity index (χ3v) is 3.39. The molecule has 0 saturated heterocycles. The van der Waals surface area contributed by atoms with Gasteiger partial charge in [0.05, 0.1) is 27.7 Å². The lowest BCUT2D eigenvalue weighted by atomic mass is 10.1. The summed E-state index contributed by atoms with van der Waals surface area (Å²) in [5.74, 6) is -0.639. The monoisotopic (exact) mass is 309 g/mol. The molecule has 18 heavy (non-hydrogen) atoms. The predicted octanol–water partition coefficient (Wildman–Crippen LogP) is 3.45. The molecule has 1 atom stereocenters. The van der Waals surface area contributed by atoms with E-state index in [-0.39, 0.29) is 16.0 Å². The molecular formula is C13H13BrFN3. The van der Waals surface area contributed by atoms with Gasteiger partial charge in [-0.2, -0.15) is 10.5 Å². The molecular weight excluding hydrogens is 297 g/mol. The van der Waals surface area contributed by atoms with Gasteiger partial charge in [0.2, 0.25) is 0 Å². The number of nitrogens with zero attached hydrogens (tertiary/aromatic N) is 3. The molecule has 0 N–H and O–H groups in total. The summed E-state index contributed by atoms with van der Waals surface area (Å²) in [4.78, 5) is 1.79. The lowest BCUT2D eigenvalue weighted by Crippen LogP contribution is -2.28. The number of nitriles is 2. The van der Waals surface area contributed by atoms with Crippen molar-refractivity contribution in [1.29, 1.82) is 10.5 Å². The Bertz CT molecular complexity index is 516. The van der Waals surface area contributed by atoms with Crippen molar-refractivity contribution in [2.75, 3.05) is 18.0 Å². The van der Waals surface area contributed by atoms with E-state index in [2.05, 4.69) is 22.0 Å². The largest absolute Gasteiger partial charge is 0.368 e. The van der Waals surface area contributed by atoms with Crippen molar-refractivity contribution in [2.45, 2.75) is 13.8 Å². The zero-order valence-electron chi connectivity index (χ0n) is 10.2. The summed E-state index contributed by atoms with van der Waals surface area (Å²) < 4.78 is 14.3. The SMILES string of the molecule is CCN(CC(C)C#N)c1ccc(C#N)c(Br)c1F. The zero-order chi connectivity index (χ0) is 13.7. The van der Waals surface area contributed by atoms with Crippen LogP contribution < -0.4 is 4.90 Å². The summed E-state index contributed by atoms with van der Waals surface area (Å²) in [5, 5.41) is 17.6. The van der Waals surface area contributed by atoms with Gasteiger partial charge in [-0.05, 0) is 41.9 Å². The molecule has 94 valence electrons. The maximum Gasteiger partial charge on any atom is 0.161 e. The van der Waals surface area contributed by atoms with Gasteiger partial charge < -0.3 is 4.90 Å². The Hall–Kier alpha value is -1.59. The van der Waals surface area contributed by atoms with E-state index < -0.39 is 5.82 Å². The molecule has 1 unspecified atom stereocenters. The Morgan fingerprint density at radius 3 is 2.61 bits per heavy atom. The van der Waals surface area contributed by atoms with Crippen LogP contribution in [0.5, 0.6) is 0 Å². The molecule has 0 aliphatic heterocycles. The highest BCUT2D eigenvalue weighted by atomic mass is 79.9. The van der Waals surface area contributed by atoms with E-state index in [4.69, 9.17) is 10.5 Å². The van der Waals surface area contributed by atoms with Crippen molar-refractivity contribution in [2.24, 2.45) is 5.92 Å². The normalized spacial score (nSPS) is 11.4. The average Bonchev–Trinajstić information content (AvgIpc) is 2.39. The molecule has 0 aliphatic rings. The molecule has 0 saturated carbocycles. The third-order valence-electron chi connectivity index (χ3n) is 2.62. The molecule has 1 aromatic carbocycles. The summed E-state index contributed by atoms with van der Waals surface area (Å²) in [6.45, 7) is 4.75. The second kappa shape index (κ2) is 6.37. The molecule has 1 rings (SSSR count). The first-order valence-corrected chi connectivity index (χ1v) is 6.37. The number of hydrogen-bond acceptors (Lipinski definition) is 3. The highest BCUT2D eigenvalue weighted by molar-refractivity contribution is 9.10. The zero-order valence-corrected chi connectivity index (χ0v) is 11.8. The van der Waals surface area contributed by atoms with Crippen LogP contribution in [0.1, 0.15) is 19.4 Å². The predicted molar refractivity (Wildman–Crippen MR) is 71.5 cm³/mol. The lowest BCUT2D eigenvalue weighted by molar-refractivity contribution is 0.601. The van der Waals surface area contributed by atoms with E-state index in [1.54, 1.807) is 24.0 Å². The van der Waals surface area contributed by atoms with E-state index in [1.807, 2.05) is 13.0 Å². The molecule has 0 amide bonds. The van der Waals surface area contributed by atoms with Crippen LogP contribution >= 0.6 is 15.9 Å².